The largest absolute Gasteiger partial charge is 0.497 e. The monoisotopic (exact) mass is 500 g/mol. The topological polar surface area (TPSA) is 60.8 Å². The van der Waals surface area contributed by atoms with Crippen LogP contribution < -0.4 is 19.7 Å². The van der Waals surface area contributed by atoms with E-state index in [-0.39, 0.29) is 12.1 Å². The highest BCUT2D eigenvalue weighted by molar-refractivity contribution is 7.80. The van der Waals surface area contributed by atoms with Crippen molar-refractivity contribution in [2.24, 2.45) is 0 Å². The molecular weight excluding hydrogens is 472 g/mol. The third-order valence-corrected chi connectivity index (χ3v) is 6.53. The Morgan fingerprint density at radius 3 is 2.28 bits per heavy atom. The Hall–Kier alpha value is -3.88. The molecular formula is C28H28N4O3S. The third kappa shape index (κ3) is 4.91. The van der Waals surface area contributed by atoms with Gasteiger partial charge in [-0.25, -0.2) is 0 Å². The zero-order valence-corrected chi connectivity index (χ0v) is 21.0. The van der Waals surface area contributed by atoms with E-state index in [9.17, 15) is 0 Å². The van der Waals surface area contributed by atoms with Crippen LogP contribution in [0, 0.1) is 0 Å². The van der Waals surface area contributed by atoms with Gasteiger partial charge in [-0.15, -0.1) is 0 Å². The SMILES string of the molecule is COCCn1cccc1[C@@H]1[C@@H](c2ccccn2)NC(=S)N1c1ccc(Oc2ccc(OC)cc2)cc1. The van der Waals surface area contributed by atoms with Gasteiger partial charge in [-0.1, -0.05) is 6.07 Å². The standard InChI is InChI=1S/C28H28N4O3S/c1-33-19-18-31-17-5-7-25(31)27-26(24-6-3-4-16-29-24)30-28(36)32(27)20-8-10-22(11-9-20)35-23-14-12-21(34-2)13-15-23/h3-17,26-27H,18-19H2,1-2H3,(H,30,36)/t26-,27-/m1/s1. The van der Waals surface area contributed by atoms with E-state index in [4.69, 9.17) is 26.4 Å². The molecule has 0 radical (unpaired) electrons. The zero-order chi connectivity index (χ0) is 24.9. The zero-order valence-electron chi connectivity index (χ0n) is 20.2. The van der Waals surface area contributed by atoms with Crippen LogP contribution in [0.1, 0.15) is 23.5 Å². The highest BCUT2D eigenvalue weighted by Gasteiger charge is 2.42. The quantitative estimate of drug-likeness (QED) is 0.304. The Morgan fingerprint density at radius 1 is 0.889 bits per heavy atom. The summed E-state index contributed by atoms with van der Waals surface area (Å²) < 4.78 is 18.8. The lowest BCUT2D eigenvalue weighted by molar-refractivity contribution is 0.186. The average molecular weight is 501 g/mol. The summed E-state index contributed by atoms with van der Waals surface area (Å²) in [6.45, 7) is 1.37. The van der Waals surface area contributed by atoms with Crippen molar-refractivity contribution in [3.63, 3.8) is 0 Å². The van der Waals surface area contributed by atoms with Gasteiger partial charge in [0.1, 0.15) is 23.3 Å². The Morgan fingerprint density at radius 2 is 1.61 bits per heavy atom. The molecule has 0 bridgehead atoms. The number of hydrogen-bond acceptors (Lipinski definition) is 5. The van der Waals surface area contributed by atoms with Crippen LogP contribution >= 0.6 is 12.2 Å². The van der Waals surface area contributed by atoms with Crippen LogP contribution in [-0.2, 0) is 11.3 Å². The first-order valence-corrected chi connectivity index (χ1v) is 12.2. The minimum atomic E-state index is -0.106. The summed E-state index contributed by atoms with van der Waals surface area (Å²) >= 11 is 5.85. The van der Waals surface area contributed by atoms with Crippen LogP contribution in [0.5, 0.6) is 17.2 Å². The number of rotatable bonds is 9. The van der Waals surface area contributed by atoms with Crippen molar-refractivity contribution < 1.29 is 14.2 Å². The molecule has 5 rings (SSSR count). The first kappa shape index (κ1) is 23.8. The second kappa shape index (κ2) is 10.8. The Labute approximate surface area is 216 Å². The molecule has 0 saturated carbocycles. The third-order valence-electron chi connectivity index (χ3n) is 6.21. The summed E-state index contributed by atoms with van der Waals surface area (Å²) in [6, 6.07) is 25.4. The molecule has 2 aromatic heterocycles. The molecule has 1 aliphatic rings. The van der Waals surface area contributed by atoms with Crippen molar-refractivity contribution in [1.29, 1.82) is 0 Å². The van der Waals surface area contributed by atoms with Crippen molar-refractivity contribution in [1.82, 2.24) is 14.9 Å². The molecule has 0 amide bonds. The maximum atomic E-state index is 6.02. The lowest BCUT2D eigenvalue weighted by atomic mass is 10.0. The summed E-state index contributed by atoms with van der Waals surface area (Å²) in [4.78, 5) is 6.79. The van der Waals surface area contributed by atoms with E-state index in [1.54, 1.807) is 14.2 Å². The second-order valence-electron chi connectivity index (χ2n) is 8.39. The number of aromatic nitrogens is 2. The molecule has 2 aromatic carbocycles. The first-order valence-electron chi connectivity index (χ1n) is 11.7. The van der Waals surface area contributed by atoms with Crippen LogP contribution in [-0.4, -0.2) is 35.5 Å². The molecule has 0 aliphatic carbocycles. The summed E-state index contributed by atoms with van der Waals surface area (Å²) in [7, 11) is 3.36. The second-order valence-corrected chi connectivity index (χ2v) is 8.77. The lowest BCUT2D eigenvalue weighted by Crippen LogP contribution is -2.30. The highest BCUT2D eigenvalue weighted by atomic mass is 32.1. The first-order chi connectivity index (χ1) is 17.7. The number of ether oxygens (including phenoxy) is 3. The van der Waals surface area contributed by atoms with Crippen LogP contribution in [0.3, 0.4) is 0 Å². The molecule has 3 heterocycles. The minimum Gasteiger partial charge on any atom is -0.497 e. The number of pyridine rings is 1. The van der Waals surface area contributed by atoms with Gasteiger partial charge in [0, 0.05) is 37.4 Å². The number of thiocarbonyl (C=S) groups is 1. The maximum absolute atomic E-state index is 6.02. The number of nitrogens with one attached hydrogen (secondary N) is 1. The van der Waals surface area contributed by atoms with Crippen LogP contribution in [0.2, 0.25) is 0 Å². The summed E-state index contributed by atoms with van der Waals surface area (Å²) in [5, 5.41) is 4.16. The van der Waals surface area contributed by atoms with E-state index < -0.39 is 0 Å². The van der Waals surface area contributed by atoms with Gasteiger partial charge in [-0.05, 0) is 85.0 Å². The van der Waals surface area contributed by atoms with E-state index in [0.717, 1.165) is 40.9 Å². The molecule has 4 aromatic rings. The number of benzene rings is 2. The van der Waals surface area contributed by atoms with Crippen LogP contribution in [0.15, 0.2) is 91.3 Å². The molecule has 1 aliphatic heterocycles. The fourth-order valence-corrected chi connectivity index (χ4v) is 4.82. The molecule has 7 nitrogen and oxygen atoms in total. The Bertz CT molecular complexity index is 1290. The van der Waals surface area contributed by atoms with Gasteiger partial charge in [0.15, 0.2) is 5.11 Å². The highest BCUT2D eigenvalue weighted by Crippen LogP contribution is 2.42. The molecule has 2 atom stereocenters. The van der Waals surface area contributed by atoms with Gasteiger partial charge in [0.05, 0.1) is 25.5 Å². The molecule has 8 heteroatoms. The number of anilines is 1. The van der Waals surface area contributed by atoms with Crippen molar-refractivity contribution >= 4 is 23.0 Å². The Kier molecular flexibility index (Phi) is 7.16. The number of methoxy groups -OCH3 is 2. The smallest absolute Gasteiger partial charge is 0.174 e. The van der Waals surface area contributed by atoms with Gasteiger partial charge < -0.3 is 29.0 Å². The van der Waals surface area contributed by atoms with Gasteiger partial charge >= 0.3 is 0 Å². The normalized spacial score (nSPS) is 17.2. The van der Waals surface area contributed by atoms with Gasteiger partial charge in [0.25, 0.3) is 0 Å². The van der Waals surface area contributed by atoms with Crippen molar-refractivity contribution in [2.45, 2.75) is 18.6 Å². The maximum Gasteiger partial charge on any atom is 0.174 e. The van der Waals surface area contributed by atoms with E-state index in [1.165, 1.54) is 0 Å². The van der Waals surface area contributed by atoms with E-state index in [0.29, 0.717) is 11.7 Å². The predicted molar refractivity (Wildman–Crippen MR) is 144 cm³/mol. The Balaban J connectivity index is 1.46. The summed E-state index contributed by atoms with van der Waals surface area (Å²) in [6.07, 6.45) is 3.89. The van der Waals surface area contributed by atoms with Crippen molar-refractivity contribution in [2.75, 3.05) is 25.7 Å². The molecule has 0 spiro atoms. The fraction of sp³-hybridized carbons (Fsp3) is 0.214. The average Bonchev–Trinajstić information content (AvgIpc) is 3.52. The minimum absolute atomic E-state index is 0.0902. The van der Waals surface area contributed by atoms with E-state index >= 15 is 0 Å². The van der Waals surface area contributed by atoms with Gasteiger partial charge in [-0.2, -0.15) is 0 Å². The van der Waals surface area contributed by atoms with E-state index in [2.05, 4.69) is 38.1 Å². The molecule has 36 heavy (non-hydrogen) atoms. The number of hydrogen-bond donors (Lipinski definition) is 1. The van der Waals surface area contributed by atoms with Crippen molar-refractivity contribution in [3.05, 3.63) is 103 Å². The van der Waals surface area contributed by atoms with Crippen molar-refractivity contribution in [3.8, 4) is 17.2 Å². The van der Waals surface area contributed by atoms with Crippen LogP contribution in [0.4, 0.5) is 5.69 Å². The van der Waals surface area contributed by atoms with Crippen LogP contribution in [0.25, 0.3) is 0 Å². The predicted octanol–water partition coefficient (Wildman–Crippen LogP) is 5.51. The molecule has 1 fully saturated rings. The number of nitrogens with zero attached hydrogens (tertiary/aromatic N) is 3. The summed E-state index contributed by atoms with van der Waals surface area (Å²) in [5.74, 6) is 2.27. The molecule has 1 saturated heterocycles. The van der Waals surface area contributed by atoms with Gasteiger partial charge in [-0.3, -0.25) is 4.98 Å². The van der Waals surface area contributed by atoms with E-state index in [1.807, 2.05) is 72.9 Å². The summed E-state index contributed by atoms with van der Waals surface area (Å²) in [5.41, 5.74) is 3.04. The molecule has 184 valence electrons. The molecule has 0 unspecified atom stereocenters. The fourth-order valence-electron chi connectivity index (χ4n) is 4.48. The van der Waals surface area contributed by atoms with Gasteiger partial charge in [0.2, 0.25) is 0 Å². The molecule has 1 N–H and O–H groups in total. The lowest BCUT2D eigenvalue weighted by Gasteiger charge is -2.29.